The number of carbonyl (C=O) groups excluding carboxylic acids is 2. The van der Waals surface area contributed by atoms with Crippen LogP contribution in [0.1, 0.15) is 18.5 Å². The van der Waals surface area contributed by atoms with Gasteiger partial charge in [-0.2, -0.15) is 0 Å². The average molecular weight is 364 g/mol. The van der Waals surface area contributed by atoms with Crippen molar-refractivity contribution in [3.05, 3.63) is 47.2 Å². The summed E-state index contributed by atoms with van der Waals surface area (Å²) in [5.74, 6) is -0.508. The fourth-order valence-corrected chi connectivity index (χ4v) is 2.29. The molecule has 2 aromatic rings. The highest BCUT2D eigenvalue weighted by molar-refractivity contribution is 6.41. The number of anilines is 1. The van der Waals surface area contributed by atoms with Crippen molar-refractivity contribution in [2.24, 2.45) is 0 Å². The Kier molecular flexibility index (Phi) is 6.19. The molecule has 1 aromatic heterocycles. The molecule has 1 unspecified atom stereocenters. The first kappa shape index (κ1) is 18.5. The summed E-state index contributed by atoms with van der Waals surface area (Å²) in [6.45, 7) is 1.75. The number of hydrogen-bond donors (Lipinski definition) is 2. The highest BCUT2D eigenvalue weighted by Crippen LogP contribution is 2.29. The lowest BCUT2D eigenvalue weighted by molar-refractivity contribution is -0.136. The van der Waals surface area contributed by atoms with E-state index in [9.17, 15) is 9.59 Å². The molecule has 2 rings (SSSR count). The lowest BCUT2D eigenvalue weighted by atomic mass is 10.1. The minimum absolute atomic E-state index is 0.108. The number of nitrogens with one attached hydrogen (secondary N) is 2. The zero-order valence-corrected chi connectivity index (χ0v) is 14.8. The number of nitrogens with zero attached hydrogens (tertiary/aromatic N) is 1. The van der Waals surface area contributed by atoms with E-state index in [4.69, 9.17) is 21.1 Å². The second kappa shape index (κ2) is 8.34. The Bertz CT molecular complexity index is 782. The van der Waals surface area contributed by atoms with E-state index in [0.29, 0.717) is 11.5 Å². The number of ether oxygens (including phenoxy) is 2. The molecular weight excluding hydrogens is 346 g/mol. The monoisotopic (exact) mass is 363 g/mol. The number of amides is 2. The average Bonchev–Trinajstić information content (AvgIpc) is 2.62. The normalized spacial score (nSPS) is 11.4. The van der Waals surface area contributed by atoms with E-state index in [1.807, 2.05) is 0 Å². The first-order valence-electron chi connectivity index (χ1n) is 7.40. The Labute approximate surface area is 150 Å². The van der Waals surface area contributed by atoms with Crippen LogP contribution in [0.15, 0.2) is 36.5 Å². The number of halogens is 1. The van der Waals surface area contributed by atoms with E-state index in [1.165, 1.54) is 20.4 Å². The number of methoxy groups -OCH3 is 2. The summed E-state index contributed by atoms with van der Waals surface area (Å²) in [6, 6.07) is 7.99. The van der Waals surface area contributed by atoms with Crippen molar-refractivity contribution in [3.63, 3.8) is 0 Å². The minimum Gasteiger partial charge on any atom is -0.493 e. The Hall–Kier alpha value is -2.80. The van der Waals surface area contributed by atoms with Crippen LogP contribution in [0.4, 0.5) is 5.69 Å². The predicted molar refractivity (Wildman–Crippen MR) is 94.0 cm³/mol. The van der Waals surface area contributed by atoms with Crippen LogP contribution in [0.2, 0.25) is 5.15 Å². The fraction of sp³-hybridized carbons (Fsp3) is 0.235. The van der Waals surface area contributed by atoms with Crippen molar-refractivity contribution in [1.82, 2.24) is 10.3 Å². The van der Waals surface area contributed by atoms with Crippen LogP contribution >= 0.6 is 11.6 Å². The zero-order valence-electron chi connectivity index (χ0n) is 14.0. The summed E-state index contributed by atoms with van der Waals surface area (Å²) in [4.78, 5) is 27.9. The van der Waals surface area contributed by atoms with E-state index in [1.54, 1.807) is 37.3 Å². The Morgan fingerprint density at radius 1 is 1.12 bits per heavy atom. The molecule has 1 atom stereocenters. The maximum absolute atomic E-state index is 12.1. The van der Waals surface area contributed by atoms with E-state index in [-0.39, 0.29) is 10.8 Å². The lowest BCUT2D eigenvalue weighted by Crippen LogP contribution is -2.37. The molecule has 1 heterocycles. The van der Waals surface area contributed by atoms with Crippen LogP contribution in [0, 0.1) is 0 Å². The fourth-order valence-electron chi connectivity index (χ4n) is 2.13. The largest absolute Gasteiger partial charge is 0.493 e. The quantitative estimate of drug-likeness (QED) is 0.629. The van der Waals surface area contributed by atoms with Crippen molar-refractivity contribution < 1.29 is 19.1 Å². The van der Waals surface area contributed by atoms with E-state index in [2.05, 4.69) is 15.6 Å². The van der Waals surface area contributed by atoms with E-state index in [0.717, 1.165) is 5.56 Å². The summed E-state index contributed by atoms with van der Waals surface area (Å²) in [5, 5.41) is 5.14. The molecule has 0 saturated heterocycles. The molecule has 2 N–H and O–H groups in total. The topological polar surface area (TPSA) is 89.5 Å². The van der Waals surface area contributed by atoms with Gasteiger partial charge in [-0.15, -0.1) is 0 Å². The van der Waals surface area contributed by atoms with Gasteiger partial charge in [0.15, 0.2) is 16.7 Å². The van der Waals surface area contributed by atoms with Crippen molar-refractivity contribution in [1.29, 1.82) is 0 Å². The smallest absolute Gasteiger partial charge is 0.313 e. The highest BCUT2D eigenvalue weighted by atomic mass is 35.5. The predicted octanol–water partition coefficient (Wildman–Crippen LogP) is 2.57. The summed E-state index contributed by atoms with van der Waals surface area (Å²) >= 11 is 5.85. The number of aromatic nitrogens is 1. The SMILES string of the molecule is COc1ccc(C(C)NC(=O)C(=O)Nc2cccnc2Cl)cc1OC. The summed E-state index contributed by atoms with van der Waals surface area (Å²) in [5.41, 5.74) is 1.03. The third-order valence-corrected chi connectivity index (χ3v) is 3.77. The highest BCUT2D eigenvalue weighted by Gasteiger charge is 2.19. The molecule has 0 radical (unpaired) electrons. The molecule has 0 aliphatic rings. The van der Waals surface area contributed by atoms with Crippen molar-refractivity contribution >= 4 is 29.1 Å². The lowest BCUT2D eigenvalue weighted by Gasteiger charge is -2.16. The van der Waals surface area contributed by atoms with Crippen LogP contribution in [0.3, 0.4) is 0 Å². The number of hydrogen-bond acceptors (Lipinski definition) is 5. The molecule has 0 bridgehead atoms. The van der Waals surface area contributed by atoms with Crippen LogP contribution in [-0.4, -0.2) is 31.0 Å². The van der Waals surface area contributed by atoms with Gasteiger partial charge in [-0.1, -0.05) is 17.7 Å². The summed E-state index contributed by atoms with van der Waals surface area (Å²) in [7, 11) is 3.06. The third kappa shape index (κ3) is 4.60. The standard InChI is InChI=1S/C17H18ClN3O4/c1-10(11-6-7-13(24-2)14(9-11)25-3)20-16(22)17(23)21-12-5-4-8-19-15(12)18/h4-10H,1-3H3,(H,20,22)(H,21,23). The second-order valence-corrected chi connectivity index (χ2v) is 5.46. The molecule has 0 aliphatic carbocycles. The van der Waals surface area contributed by atoms with Gasteiger partial charge in [0.1, 0.15) is 0 Å². The van der Waals surface area contributed by atoms with Gasteiger partial charge in [-0.25, -0.2) is 4.98 Å². The van der Waals surface area contributed by atoms with Crippen LogP contribution < -0.4 is 20.1 Å². The molecule has 7 nitrogen and oxygen atoms in total. The van der Waals surface area contributed by atoms with Gasteiger partial charge in [0, 0.05) is 6.20 Å². The van der Waals surface area contributed by atoms with Crippen LogP contribution in [-0.2, 0) is 9.59 Å². The van der Waals surface area contributed by atoms with Gasteiger partial charge >= 0.3 is 11.8 Å². The van der Waals surface area contributed by atoms with Crippen molar-refractivity contribution in [2.45, 2.75) is 13.0 Å². The third-order valence-electron chi connectivity index (χ3n) is 3.47. The van der Waals surface area contributed by atoms with Crippen LogP contribution in [0.25, 0.3) is 0 Å². The van der Waals surface area contributed by atoms with Gasteiger partial charge < -0.3 is 20.1 Å². The second-order valence-electron chi connectivity index (χ2n) is 5.11. The van der Waals surface area contributed by atoms with Gasteiger partial charge in [-0.05, 0) is 36.8 Å². The summed E-state index contributed by atoms with van der Waals surface area (Å²) in [6.07, 6.45) is 1.48. The Morgan fingerprint density at radius 2 is 1.84 bits per heavy atom. The molecular formula is C17H18ClN3O4. The molecule has 0 saturated carbocycles. The number of pyridine rings is 1. The molecule has 0 fully saturated rings. The zero-order chi connectivity index (χ0) is 18.4. The molecule has 0 aliphatic heterocycles. The number of benzene rings is 1. The Balaban J connectivity index is 2.04. The summed E-state index contributed by atoms with van der Waals surface area (Å²) < 4.78 is 10.4. The first-order valence-corrected chi connectivity index (χ1v) is 7.78. The molecule has 0 spiro atoms. The van der Waals surface area contributed by atoms with E-state index >= 15 is 0 Å². The van der Waals surface area contributed by atoms with E-state index < -0.39 is 17.9 Å². The molecule has 1 aromatic carbocycles. The molecule has 132 valence electrons. The minimum atomic E-state index is -0.831. The molecule has 2 amide bonds. The van der Waals surface area contributed by atoms with Crippen LogP contribution in [0.5, 0.6) is 11.5 Å². The molecule has 8 heteroatoms. The number of rotatable bonds is 5. The van der Waals surface area contributed by atoms with Gasteiger partial charge in [-0.3, -0.25) is 9.59 Å². The Morgan fingerprint density at radius 3 is 2.48 bits per heavy atom. The maximum Gasteiger partial charge on any atom is 0.313 e. The van der Waals surface area contributed by atoms with Gasteiger partial charge in [0.05, 0.1) is 25.9 Å². The van der Waals surface area contributed by atoms with Gasteiger partial charge in [0.25, 0.3) is 0 Å². The number of carbonyl (C=O) groups is 2. The van der Waals surface area contributed by atoms with Gasteiger partial charge in [0.2, 0.25) is 0 Å². The molecule has 25 heavy (non-hydrogen) atoms. The van der Waals surface area contributed by atoms with Crippen molar-refractivity contribution in [2.75, 3.05) is 19.5 Å². The first-order chi connectivity index (χ1) is 12.0. The van der Waals surface area contributed by atoms with Crippen molar-refractivity contribution in [3.8, 4) is 11.5 Å². The maximum atomic E-state index is 12.1.